The van der Waals surface area contributed by atoms with Gasteiger partial charge in [0.15, 0.2) is 0 Å². The molecule has 1 aliphatic rings. The molecule has 0 aromatic heterocycles. The minimum absolute atomic E-state index is 0.808. The molecule has 0 saturated heterocycles. The van der Waals surface area contributed by atoms with E-state index in [1.165, 1.54) is 50.5 Å². The average molecular weight is 295 g/mol. The Labute approximate surface area is 135 Å². The number of rotatable bonds is 7. The first-order valence-corrected chi connectivity index (χ1v) is 9.60. The van der Waals surface area contributed by atoms with Gasteiger partial charge in [-0.25, -0.2) is 0 Å². The first-order valence-electron chi connectivity index (χ1n) is 9.60. The molecule has 1 saturated carbocycles. The zero-order valence-corrected chi connectivity index (χ0v) is 16.0. The highest BCUT2D eigenvalue weighted by atomic mass is 14.4. The molecule has 21 heavy (non-hydrogen) atoms. The molecule has 0 aliphatic heterocycles. The van der Waals surface area contributed by atoms with Crippen LogP contribution in [0.4, 0.5) is 0 Å². The number of unbranched alkanes of at least 4 members (excludes halogenated alkanes) is 1. The van der Waals surface area contributed by atoms with Gasteiger partial charge in [-0.3, -0.25) is 0 Å². The fourth-order valence-corrected chi connectivity index (χ4v) is 4.00. The summed E-state index contributed by atoms with van der Waals surface area (Å²) in [6.45, 7) is 20.0. The van der Waals surface area contributed by atoms with Crippen LogP contribution in [0.5, 0.6) is 0 Å². The summed E-state index contributed by atoms with van der Waals surface area (Å²) in [5.41, 5.74) is 1.35. The summed E-state index contributed by atoms with van der Waals surface area (Å²) in [5, 5.41) is 0. The van der Waals surface area contributed by atoms with Crippen molar-refractivity contribution in [3.63, 3.8) is 0 Å². The topological polar surface area (TPSA) is 0 Å². The van der Waals surface area contributed by atoms with Gasteiger partial charge in [0, 0.05) is 0 Å². The van der Waals surface area contributed by atoms with Crippen LogP contribution in [0, 0.1) is 29.6 Å². The number of allylic oxidation sites excluding steroid dienone is 1. The van der Waals surface area contributed by atoms with E-state index in [0.717, 1.165) is 29.6 Å². The molecule has 1 rings (SSSR count). The standard InChI is InChI=1S/C19H36.C2H6/c1-7-8-9-18-13-19(11-10-15(18)4)17(6)16(5)12-14(2)3;1-2/h15-19H,2,7-13H2,1,3-6H3;1-2H3. The first-order chi connectivity index (χ1) is 9.95. The predicted molar refractivity (Wildman–Crippen MR) is 98.6 cm³/mol. The Bertz CT molecular complexity index is 265. The van der Waals surface area contributed by atoms with Gasteiger partial charge in [0.05, 0.1) is 0 Å². The second-order valence-electron chi connectivity index (χ2n) is 7.45. The molecule has 0 aromatic carbocycles. The summed E-state index contributed by atoms with van der Waals surface area (Å²) >= 11 is 0. The summed E-state index contributed by atoms with van der Waals surface area (Å²) in [4.78, 5) is 0. The third kappa shape index (κ3) is 7.52. The molecule has 0 heteroatoms. The monoisotopic (exact) mass is 294 g/mol. The van der Waals surface area contributed by atoms with Crippen LogP contribution < -0.4 is 0 Å². The van der Waals surface area contributed by atoms with Crippen LogP contribution in [0.25, 0.3) is 0 Å². The summed E-state index contributed by atoms with van der Waals surface area (Å²) < 4.78 is 0. The van der Waals surface area contributed by atoms with Crippen LogP contribution in [-0.4, -0.2) is 0 Å². The van der Waals surface area contributed by atoms with Crippen molar-refractivity contribution in [3.8, 4) is 0 Å². The number of hydrogen-bond donors (Lipinski definition) is 0. The van der Waals surface area contributed by atoms with Gasteiger partial charge in [0.1, 0.15) is 0 Å². The minimum Gasteiger partial charge on any atom is -0.100 e. The maximum atomic E-state index is 4.09. The van der Waals surface area contributed by atoms with Gasteiger partial charge in [-0.15, -0.1) is 6.58 Å². The molecule has 0 heterocycles. The van der Waals surface area contributed by atoms with E-state index in [1.807, 2.05) is 13.8 Å². The van der Waals surface area contributed by atoms with Gasteiger partial charge in [0.2, 0.25) is 0 Å². The molecule has 0 spiro atoms. The van der Waals surface area contributed by atoms with E-state index in [9.17, 15) is 0 Å². The molecule has 0 N–H and O–H groups in total. The molecule has 0 radical (unpaired) electrons. The van der Waals surface area contributed by atoms with E-state index in [0.29, 0.717) is 0 Å². The first kappa shape index (κ1) is 20.7. The van der Waals surface area contributed by atoms with Crippen LogP contribution in [0.3, 0.4) is 0 Å². The summed E-state index contributed by atoms with van der Waals surface area (Å²) in [6, 6.07) is 0. The van der Waals surface area contributed by atoms with Crippen molar-refractivity contribution in [1.29, 1.82) is 0 Å². The smallest absolute Gasteiger partial charge is 0.0297 e. The van der Waals surface area contributed by atoms with Gasteiger partial charge in [-0.05, 0) is 55.8 Å². The molecule has 1 fully saturated rings. The Balaban J connectivity index is 0.00000191. The van der Waals surface area contributed by atoms with Crippen molar-refractivity contribution < 1.29 is 0 Å². The predicted octanol–water partition coefficient (Wildman–Crippen LogP) is 7.49. The summed E-state index contributed by atoms with van der Waals surface area (Å²) in [5.74, 6) is 4.60. The highest BCUT2D eigenvalue weighted by Crippen LogP contribution is 2.42. The highest BCUT2D eigenvalue weighted by molar-refractivity contribution is 4.92. The Morgan fingerprint density at radius 3 is 2.33 bits per heavy atom. The lowest BCUT2D eigenvalue weighted by atomic mass is 9.66. The zero-order chi connectivity index (χ0) is 16.4. The van der Waals surface area contributed by atoms with E-state index >= 15 is 0 Å². The fourth-order valence-electron chi connectivity index (χ4n) is 4.00. The van der Waals surface area contributed by atoms with Crippen molar-refractivity contribution >= 4 is 0 Å². The third-order valence-corrected chi connectivity index (χ3v) is 5.64. The molecular formula is C21H42. The second kappa shape index (κ2) is 11.3. The van der Waals surface area contributed by atoms with Crippen molar-refractivity contribution in [2.24, 2.45) is 29.6 Å². The quantitative estimate of drug-likeness (QED) is 0.426. The van der Waals surface area contributed by atoms with E-state index in [1.54, 1.807) is 0 Å². The molecule has 5 atom stereocenters. The van der Waals surface area contributed by atoms with Crippen molar-refractivity contribution in [1.82, 2.24) is 0 Å². The van der Waals surface area contributed by atoms with Crippen molar-refractivity contribution in [3.05, 3.63) is 12.2 Å². The number of hydrogen-bond acceptors (Lipinski definition) is 0. The molecule has 0 nitrogen and oxygen atoms in total. The molecule has 0 amide bonds. The van der Waals surface area contributed by atoms with Crippen LogP contribution >= 0.6 is 0 Å². The lowest BCUT2D eigenvalue weighted by molar-refractivity contribution is 0.118. The van der Waals surface area contributed by atoms with Crippen LogP contribution in [0.15, 0.2) is 12.2 Å². The molecule has 0 bridgehead atoms. The molecule has 0 aromatic rings. The van der Waals surface area contributed by atoms with Crippen molar-refractivity contribution in [2.75, 3.05) is 0 Å². The van der Waals surface area contributed by atoms with Gasteiger partial charge >= 0.3 is 0 Å². The molecular weight excluding hydrogens is 252 g/mol. The zero-order valence-electron chi connectivity index (χ0n) is 16.0. The van der Waals surface area contributed by atoms with Crippen LogP contribution in [0.2, 0.25) is 0 Å². The normalized spacial score (nSPS) is 28.2. The lowest BCUT2D eigenvalue weighted by Gasteiger charge is -2.39. The third-order valence-electron chi connectivity index (χ3n) is 5.64. The van der Waals surface area contributed by atoms with Crippen LogP contribution in [-0.2, 0) is 0 Å². The molecule has 1 aliphatic carbocycles. The maximum Gasteiger partial charge on any atom is -0.0297 e. The Morgan fingerprint density at radius 1 is 1.19 bits per heavy atom. The fraction of sp³-hybridized carbons (Fsp3) is 0.905. The van der Waals surface area contributed by atoms with E-state index in [-0.39, 0.29) is 0 Å². The van der Waals surface area contributed by atoms with Crippen LogP contribution in [0.1, 0.15) is 93.4 Å². The Hall–Kier alpha value is -0.260. The average Bonchev–Trinajstić information content (AvgIpc) is 2.47. The summed E-state index contributed by atoms with van der Waals surface area (Å²) in [7, 11) is 0. The van der Waals surface area contributed by atoms with Gasteiger partial charge < -0.3 is 0 Å². The van der Waals surface area contributed by atoms with E-state index in [4.69, 9.17) is 0 Å². The Kier molecular flexibility index (Phi) is 11.2. The van der Waals surface area contributed by atoms with E-state index in [2.05, 4.69) is 41.2 Å². The van der Waals surface area contributed by atoms with Gasteiger partial charge in [-0.1, -0.05) is 72.8 Å². The molecule has 126 valence electrons. The largest absolute Gasteiger partial charge is 0.100 e. The minimum atomic E-state index is 0.808. The Morgan fingerprint density at radius 2 is 1.81 bits per heavy atom. The van der Waals surface area contributed by atoms with Crippen molar-refractivity contribution in [2.45, 2.75) is 93.4 Å². The lowest BCUT2D eigenvalue weighted by Crippen LogP contribution is -2.29. The SMILES string of the molecule is C=C(C)CC(C)C(C)C1CCC(C)C(CCCC)C1.CC. The highest BCUT2D eigenvalue weighted by Gasteiger charge is 2.31. The molecule has 5 unspecified atom stereocenters. The van der Waals surface area contributed by atoms with E-state index < -0.39 is 0 Å². The van der Waals surface area contributed by atoms with Gasteiger partial charge in [-0.2, -0.15) is 0 Å². The maximum absolute atomic E-state index is 4.09. The van der Waals surface area contributed by atoms with Gasteiger partial charge in [0.25, 0.3) is 0 Å². The second-order valence-corrected chi connectivity index (χ2v) is 7.45. The summed E-state index contributed by atoms with van der Waals surface area (Å²) in [6.07, 6.45) is 9.88.